The average Bonchev–Trinajstić information content (AvgIpc) is 3.06. The predicted octanol–water partition coefficient (Wildman–Crippen LogP) is 2.58. The molecule has 2 atom stereocenters. The number of benzene rings is 3. The van der Waals surface area contributed by atoms with Gasteiger partial charge in [0.2, 0.25) is 11.8 Å². The summed E-state index contributed by atoms with van der Waals surface area (Å²) in [6.45, 7) is 2.95. The van der Waals surface area contributed by atoms with Crippen molar-refractivity contribution in [2.45, 2.75) is 32.5 Å². The first-order chi connectivity index (χ1) is 18.7. The third kappa shape index (κ3) is 5.11. The van der Waals surface area contributed by atoms with Crippen LogP contribution in [-0.2, 0) is 20.9 Å². The quantitative estimate of drug-likeness (QED) is 0.505. The van der Waals surface area contributed by atoms with Gasteiger partial charge in [-0.2, -0.15) is 10.5 Å². The van der Waals surface area contributed by atoms with Gasteiger partial charge >= 0.3 is 0 Å². The monoisotopic (exact) mass is 524 g/mol. The van der Waals surface area contributed by atoms with E-state index in [1.165, 1.54) is 23.8 Å². The molecule has 0 aromatic heterocycles. The molecule has 2 N–H and O–H groups in total. The molecule has 1 aliphatic rings. The number of hydrogen-bond acceptors (Lipinski definition) is 7. The van der Waals surface area contributed by atoms with Gasteiger partial charge in [0.15, 0.2) is 0 Å². The van der Waals surface area contributed by atoms with Crippen molar-refractivity contribution in [3.8, 4) is 17.9 Å². The molecule has 2 unspecified atom stereocenters. The van der Waals surface area contributed by atoms with Crippen LogP contribution in [0.5, 0.6) is 5.75 Å². The Morgan fingerprint density at radius 1 is 1.10 bits per heavy atom. The molecule has 3 aromatic rings. The Bertz CT molecular complexity index is 1550. The van der Waals surface area contributed by atoms with Crippen LogP contribution in [0.2, 0.25) is 0 Å². The fourth-order valence-corrected chi connectivity index (χ4v) is 4.71. The maximum Gasteiger partial charge on any atom is 0.251 e. The first kappa shape index (κ1) is 27.1. The molecular formula is C29H28N6O4. The van der Waals surface area contributed by atoms with Crippen LogP contribution in [0.1, 0.15) is 30.5 Å². The Morgan fingerprint density at radius 3 is 2.51 bits per heavy atom. The summed E-state index contributed by atoms with van der Waals surface area (Å²) in [5.41, 5.74) is 2.24. The van der Waals surface area contributed by atoms with Crippen LogP contribution >= 0.6 is 0 Å². The van der Waals surface area contributed by atoms with Crippen molar-refractivity contribution >= 4 is 39.9 Å². The summed E-state index contributed by atoms with van der Waals surface area (Å²) < 4.78 is 5.65. The summed E-state index contributed by atoms with van der Waals surface area (Å²) in [6, 6.07) is 16.3. The molecule has 0 aliphatic carbocycles. The predicted molar refractivity (Wildman–Crippen MR) is 146 cm³/mol. The first-order valence-corrected chi connectivity index (χ1v) is 12.3. The van der Waals surface area contributed by atoms with Crippen molar-refractivity contribution in [1.29, 1.82) is 10.5 Å². The van der Waals surface area contributed by atoms with Gasteiger partial charge in [0.25, 0.3) is 5.91 Å². The fraction of sp³-hybridized carbons (Fsp3) is 0.276. The summed E-state index contributed by atoms with van der Waals surface area (Å²) in [5, 5.41) is 26.3. The lowest BCUT2D eigenvalue weighted by Crippen LogP contribution is -2.55. The number of anilines is 2. The van der Waals surface area contributed by atoms with Gasteiger partial charge < -0.3 is 25.2 Å². The van der Waals surface area contributed by atoms with Gasteiger partial charge in [0.05, 0.1) is 60.9 Å². The molecule has 39 heavy (non-hydrogen) atoms. The van der Waals surface area contributed by atoms with E-state index in [1.54, 1.807) is 56.4 Å². The van der Waals surface area contributed by atoms with Crippen LogP contribution < -0.4 is 25.2 Å². The minimum atomic E-state index is -1.06. The number of hydrogen-bond donors (Lipinski definition) is 2. The third-order valence-corrected chi connectivity index (χ3v) is 6.92. The minimum absolute atomic E-state index is 0.0207. The molecule has 0 saturated carbocycles. The molecule has 0 spiro atoms. The summed E-state index contributed by atoms with van der Waals surface area (Å²) in [7, 11) is 3.16. The number of fused-ring (bicyclic) bond motifs is 2. The molecule has 4 rings (SSSR count). The average molecular weight is 525 g/mol. The number of nitrogens with one attached hydrogen (secondary N) is 2. The minimum Gasteiger partial charge on any atom is -0.496 e. The molecule has 0 bridgehead atoms. The van der Waals surface area contributed by atoms with Gasteiger partial charge in [-0.15, -0.1) is 0 Å². The maximum absolute atomic E-state index is 14.1. The number of ether oxygens (including phenoxy) is 1. The van der Waals surface area contributed by atoms with Gasteiger partial charge in [-0.1, -0.05) is 12.1 Å². The van der Waals surface area contributed by atoms with Crippen molar-refractivity contribution in [3.05, 3.63) is 65.2 Å². The highest BCUT2D eigenvalue weighted by molar-refractivity contribution is 6.08. The maximum atomic E-state index is 14.1. The smallest absolute Gasteiger partial charge is 0.251 e. The van der Waals surface area contributed by atoms with E-state index in [1.807, 2.05) is 6.07 Å². The van der Waals surface area contributed by atoms with Crippen LogP contribution in [0, 0.1) is 22.7 Å². The van der Waals surface area contributed by atoms with Crippen molar-refractivity contribution in [2.75, 3.05) is 30.5 Å². The Labute approximate surface area is 226 Å². The highest BCUT2D eigenvalue weighted by Gasteiger charge is 2.37. The van der Waals surface area contributed by atoms with Crippen LogP contribution in [0.15, 0.2) is 48.5 Å². The van der Waals surface area contributed by atoms with E-state index in [9.17, 15) is 24.9 Å². The van der Waals surface area contributed by atoms with E-state index in [4.69, 9.17) is 4.74 Å². The zero-order valence-electron chi connectivity index (χ0n) is 22.1. The van der Waals surface area contributed by atoms with E-state index in [-0.39, 0.29) is 19.0 Å². The molecule has 0 fully saturated rings. The van der Waals surface area contributed by atoms with E-state index in [0.29, 0.717) is 39.2 Å². The van der Waals surface area contributed by atoms with Crippen LogP contribution in [-0.4, -0.2) is 50.5 Å². The number of rotatable bonds is 6. The second kappa shape index (κ2) is 11.2. The zero-order valence-corrected chi connectivity index (χ0v) is 22.1. The lowest BCUT2D eigenvalue weighted by Gasteiger charge is -2.27. The second-order valence-corrected chi connectivity index (χ2v) is 9.20. The summed E-state index contributed by atoms with van der Waals surface area (Å²) in [5.74, 6) is -0.665. The van der Waals surface area contributed by atoms with Crippen molar-refractivity contribution < 1.29 is 19.1 Å². The number of likely N-dealkylation sites (N-methyl/N-ethyl adjacent to an activating group) is 1. The SMILES string of the molecule is CNC(C)C(=O)NC1CN(C(C)=O)c2cc(C#N)ccc2N(Cc2c(OC)ccc3c(C#N)cccc23)C1=O. The van der Waals surface area contributed by atoms with E-state index in [2.05, 4.69) is 22.8 Å². The lowest BCUT2D eigenvalue weighted by molar-refractivity contribution is -0.128. The molecule has 0 saturated heterocycles. The van der Waals surface area contributed by atoms with Crippen LogP contribution in [0.25, 0.3) is 10.8 Å². The Kier molecular flexibility index (Phi) is 7.80. The molecule has 3 aromatic carbocycles. The zero-order chi connectivity index (χ0) is 28.3. The number of nitriles is 2. The molecular weight excluding hydrogens is 496 g/mol. The Balaban J connectivity index is 1.92. The van der Waals surface area contributed by atoms with Crippen LogP contribution in [0.4, 0.5) is 11.4 Å². The van der Waals surface area contributed by atoms with Crippen molar-refractivity contribution in [2.24, 2.45) is 0 Å². The molecule has 3 amide bonds. The molecule has 1 heterocycles. The second-order valence-electron chi connectivity index (χ2n) is 9.20. The van der Waals surface area contributed by atoms with E-state index in [0.717, 1.165) is 5.39 Å². The van der Waals surface area contributed by atoms with Crippen molar-refractivity contribution in [3.63, 3.8) is 0 Å². The third-order valence-electron chi connectivity index (χ3n) is 6.92. The highest BCUT2D eigenvalue weighted by Crippen LogP contribution is 2.38. The topological polar surface area (TPSA) is 139 Å². The summed E-state index contributed by atoms with van der Waals surface area (Å²) in [6.07, 6.45) is 0. The highest BCUT2D eigenvalue weighted by atomic mass is 16.5. The fourth-order valence-electron chi connectivity index (χ4n) is 4.71. The van der Waals surface area contributed by atoms with Gasteiger partial charge in [-0.3, -0.25) is 14.4 Å². The van der Waals surface area contributed by atoms with E-state index < -0.39 is 23.9 Å². The summed E-state index contributed by atoms with van der Waals surface area (Å²) >= 11 is 0. The van der Waals surface area contributed by atoms with Crippen LogP contribution in [0.3, 0.4) is 0 Å². The van der Waals surface area contributed by atoms with Gasteiger partial charge in [-0.25, -0.2) is 0 Å². The molecule has 198 valence electrons. The Hall–Kier alpha value is -4.93. The van der Waals surface area contributed by atoms with Crippen molar-refractivity contribution in [1.82, 2.24) is 10.6 Å². The number of carbonyl (C=O) groups is 3. The normalized spacial score (nSPS) is 15.5. The Morgan fingerprint density at radius 2 is 1.87 bits per heavy atom. The largest absolute Gasteiger partial charge is 0.496 e. The number of nitrogens with zero attached hydrogens (tertiary/aromatic N) is 4. The number of carbonyl (C=O) groups excluding carboxylic acids is 3. The van der Waals surface area contributed by atoms with Gasteiger partial charge in [0, 0.05) is 17.9 Å². The number of amides is 3. The standard InChI is InChI=1S/C29H28N6O4/c1-17(32-3)28(37)33-24-16-34(18(2)36)26-12-19(13-30)8-10-25(26)35(29(24)38)15-23-22-7-5-6-20(14-31)21(22)9-11-27(23)39-4/h5-12,17,24,32H,15-16H2,1-4H3,(H,33,37). The van der Waals surface area contributed by atoms with E-state index >= 15 is 0 Å². The van der Waals surface area contributed by atoms with Gasteiger partial charge in [0.1, 0.15) is 11.8 Å². The summed E-state index contributed by atoms with van der Waals surface area (Å²) in [4.78, 5) is 42.6. The number of methoxy groups -OCH3 is 1. The molecule has 10 heteroatoms. The molecule has 1 aliphatic heterocycles. The lowest BCUT2D eigenvalue weighted by atomic mass is 9.98. The molecule has 10 nitrogen and oxygen atoms in total. The van der Waals surface area contributed by atoms with Gasteiger partial charge in [-0.05, 0) is 55.8 Å². The first-order valence-electron chi connectivity index (χ1n) is 12.3. The molecule has 0 radical (unpaired) electrons.